The van der Waals surface area contributed by atoms with Crippen LogP contribution >= 0.6 is 0 Å². The Morgan fingerprint density at radius 2 is 1.91 bits per heavy atom. The van der Waals surface area contributed by atoms with Gasteiger partial charge in [-0.25, -0.2) is 8.42 Å². The van der Waals surface area contributed by atoms with E-state index in [0.29, 0.717) is 0 Å². The van der Waals surface area contributed by atoms with Gasteiger partial charge in [0.2, 0.25) is 0 Å². The maximum absolute atomic E-state index is 12.1. The number of benzene rings is 1. The van der Waals surface area contributed by atoms with Crippen LogP contribution in [0.15, 0.2) is 36.5 Å². The molecule has 2 unspecified atom stereocenters. The molecule has 4 nitrogen and oxygen atoms in total. The van der Waals surface area contributed by atoms with E-state index in [2.05, 4.69) is 28.1 Å². The predicted octanol–water partition coefficient (Wildman–Crippen LogP) is 3.02. The molecule has 2 atom stereocenters. The molecule has 5 heteroatoms. The minimum Gasteiger partial charge on any atom is -0.298 e. The van der Waals surface area contributed by atoms with Crippen molar-refractivity contribution >= 4 is 20.7 Å². The molecule has 0 bridgehead atoms. The Balaban J connectivity index is 1.86. The Morgan fingerprint density at radius 1 is 1.17 bits per heavy atom. The van der Waals surface area contributed by atoms with Gasteiger partial charge in [-0.05, 0) is 31.5 Å². The lowest BCUT2D eigenvalue weighted by atomic mass is 9.93. The molecule has 1 aromatic heterocycles. The highest BCUT2D eigenvalue weighted by Crippen LogP contribution is 2.29. The van der Waals surface area contributed by atoms with E-state index < -0.39 is 9.84 Å². The normalized spacial score (nSPS) is 22.6. The summed E-state index contributed by atoms with van der Waals surface area (Å²) in [6, 6.07) is 10.3. The molecule has 1 heterocycles. The van der Waals surface area contributed by atoms with Crippen molar-refractivity contribution < 1.29 is 8.42 Å². The first-order chi connectivity index (χ1) is 11.0. The van der Waals surface area contributed by atoms with Gasteiger partial charge in [0.05, 0.1) is 10.8 Å². The second-order valence-corrected chi connectivity index (χ2v) is 8.89. The molecule has 1 aromatic carbocycles. The second-order valence-electron chi connectivity index (χ2n) is 6.63. The Hall–Kier alpha value is -1.46. The molecule has 2 aromatic rings. The summed E-state index contributed by atoms with van der Waals surface area (Å²) in [6.45, 7) is 0.727. The van der Waals surface area contributed by atoms with E-state index in [1.807, 2.05) is 25.4 Å². The standard InChI is InChI=1S/C18H24N2O2S/c1-20(16-10-3-4-11-17(16)23(2,21)22)13-15-8-5-7-14-9-6-12-19-18(14)15/h5-9,12,16-17H,3-4,10-11,13H2,1-2H3. The SMILES string of the molecule is CN(Cc1cccc2cccnc12)C1CCCCC1S(C)(=O)=O. The highest BCUT2D eigenvalue weighted by atomic mass is 32.2. The first-order valence-corrected chi connectivity index (χ1v) is 10.1. The maximum Gasteiger partial charge on any atom is 0.151 e. The van der Waals surface area contributed by atoms with Crippen LogP contribution in [0.25, 0.3) is 10.9 Å². The zero-order valence-electron chi connectivity index (χ0n) is 13.8. The van der Waals surface area contributed by atoms with Crippen LogP contribution in [0.1, 0.15) is 31.2 Å². The van der Waals surface area contributed by atoms with Gasteiger partial charge in [0.25, 0.3) is 0 Å². The van der Waals surface area contributed by atoms with E-state index in [1.54, 1.807) is 0 Å². The topological polar surface area (TPSA) is 50.3 Å². The summed E-state index contributed by atoms with van der Waals surface area (Å²) in [5.74, 6) is 0. The molecule has 124 valence electrons. The van der Waals surface area contributed by atoms with Crippen molar-refractivity contribution in [3.8, 4) is 0 Å². The van der Waals surface area contributed by atoms with Crippen LogP contribution in [0, 0.1) is 0 Å². The lowest BCUT2D eigenvalue weighted by Gasteiger charge is -2.37. The molecule has 0 saturated heterocycles. The van der Waals surface area contributed by atoms with E-state index in [9.17, 15) is 8.42 Å². The smallest absolute Gasteiger partial charge is 0.151 e. The fraction of sp³-hybridized carbons (Fsp3) is 0.500. The maximum atomic E-state index is 12.1. The average Bonchev–Trinajstić information content (AvgIpc) is 2.54. The minimum atomic E-state index is -3.01. The van der Waals surface area contributed by atoms with E-state index >= 15 is 0 Å². The highest BCUT2D eigenvalue weighted by Gasteiger charge is 2.35. The summed E-state index contributed by atoms with van der Waals surface area (Å²) in [4.78, 5) is 6.70. The number of fused-ring (bicyclic) bond motifs is 1. The minimum absolute atomic E-state index is 0.0951. The number of rotatable bonds is 4. The lowest BCUT2D eigenvalue weighted by Crippen LogP contribution is -2.46. The fourth-order valence-electron chi connectivity index (χ4n) is 3.76. The molecule has 0 spiro atoms. The van der Waals surface area contributed by atoms with Gasteiger partial charge >= 0.3 is 0 Å². The van der Waals surface area contributed by atoms with Crippen LogP contribution in [0.2, 0.25) is 0 Å². The van der Waals surface area contributed by atoms with Crippen LogP contribution in [-0.2, 0) is 16.4 Å². The second kappa shape index (κ2) is 6.57. The zero-order valence-corrected chi connectivity index (χ0v) is 14.6. The van der Waals surface area contributed by atoms with Crippen LogP contribution in [0.5, 0.6) is 0 Å². The summed E-state index contributed by atoms with van der Waals surface area (Å²) >= 11 is 0. The van der Waals surface area contributed by atoms with Gasteiger partial charge in [-0.2, -0.15) is 0 Å². The van der Waals surface area contributed by atoms with Gasteiger partial charge in [0.1, 0.15) is 0 Å². The molecule has 3 rings (SSSR count). The van der Waals surface area contributed by atoms with Gasteiger partial charge in [-0.3, -0.25) is 9.88 Å². The van der Waals surface area contributed by atoms with Crippen LogP contribution in [0.3, 0.4) is 0 Å². The first kappa shape index (κ1) is 16.4. The van der Waals surface area contributed by atoms with E-state index in [4.69, 9.17) is 0 Å². The van der Waals surface area contributed by atoms with Gasteiger partial charge < -0.3 is 0 Å². The molecule has 23 heavy (non-hydrogen) atoms. The van der Waals surface area contributed by atoms with Crippen molar-refractivity contribution in [2.45, 2.75) is 43.5 Å². The molecule has 0 amide bonds. The van der Waals surface area contributed by atoms with Gasteiger partial charge in [-0.15, -0.1) is 0 Å². The molecule has 1 aliphatic carbocycles. The van der Waals surface area contributed by atoms with E-state index in [0.717, 1.165) is 48.7 Å². The lowest BCUT2D eigenvalue weighted by molar-refractivity contribution is 0.187. The molecule has 0 N–H and O–H groups in total. The van der Waals surface area contributed by atoms with Crippen molar-refractivity contribution in [1.29, 1.82) is 0 Å². The average molecular weight is 332 g/mol. The number of hydrogen-bond acceptors (Lipinski definition) is 4. The Kier molecular flexibility index (Phi) is 4.69. The summed E-state index contributed by atoms with van der Waals surface area (Å²) in [7, 11) is -0.975. The number of sulfone groups is 1. The van der Waals surface area contributed by atoms with Crippen molar-refractivity contribution in [2.75, 3.05) is 13.3 Å². The monoisotopic (exact) mass is 332 g/mol. The van der Waals surface area contributed by atoms with Crippen molar-refractivity contribution in [3.05, 3.63) is 42.1 Å². The van der Waals surface area contributed by atoms with E-state index in [-0.39, 0.29) is 11.3 Å². The quantitative estimate of drug-likeness (QED) is 0.863. The Bertz CT molecular complexity index is 783. The third kappa shape index (κ3) is 3.56. The largest absolute Gasteiger partial charge is 0.298 e. The van der Waals surface area contributed by atoms with Crippen LogP contribution in [-0.4, -0.2) is 42.9 Å². The summed E-state index contributed by atoms with van der Waals surface area (Å²) < 4.78 is 24.3. The molecule has 0 radical (unpaired) electrons. The fourth-order valence-corrected chi connectivity index (χ4v) is 5.27. The van der Waals surface area contributed by atoms with Gasteiger partial charge in [-0.1, -0.05) is 37.1 Å². The molecule has 1 aliphatic rings. The highest BCUT2D eigenvalue weighted by molar-refractivity contribution is 7.91. The summed E-state index contributed by atoms with van der Waals surface area (Å²) in [6.07, 6.45) is 7.04. The number of hydrogen-bond donors (Lipinski definition) is 0. The first-order valence-electron chi connectivity index (χ1n) is 8.18. The van der Waals surface area contributed by atoms with Crippen LogP contribution in [0.4, 0.5) is 0 Å². The molecule has 1 fully saturated rings. The van der Waals surface area contributed by atoms with Crippen LogP contribution < -0.4 is 0 Å². The number of aromatic nitrogens is 1. The summed E-state index contributed by atoms with van der Waals surface area (Å²) in [5.41, 5.74) is 2.16. The molecule has 0 aliphatic heterocycles. The third-order valence-corrected chi connectivity index (χ3v) is 6.57. The zero-order chi connectivity index (χ0) is 16.4. The molecule has 1 saturated carbocycles. The van der Waals surface area contributed by atoms with Crippen molar-refractivity contribution in [2.24, 2.45) is 0 Å². The van der Waals surface area contributed by atoms with Gasteiger partial charge in [0.15, 0.2) is 9.84 Å². The van der Waals surface area contributed by atoms with Crippen molar-refractivity contribution in [1.82, 2.24) is 9.88 Å². The molecular weight excluding hydrogens is 308 g/mol. The number of pyridine rings is 1. The molecular formula is C18H24N2O2S. The van der Waals surface area contributed by atoms with E-state index in [1.165, 1.54) is 6.26 Å². The third-order valence-electron chi connectivity index (χ3n) is 4.92. The summed E-state index contributed by atoms with van der Waals surface area (Å²) in [5, 5.41) is 0.880. The number of para-hydroxylation sites is 1. The van der Waals surface area contributed by atoms with Gasteiger partial charge in [0, 0.05) is 30.4 Å². The predicted molar refractivity (Wildman–Crippen MR) is 94.1 cm³/mol. The number of nitrogens with zero attached hydrogens (tertiary/aromatic N) is 2. The van der Waals surface area contributed by atoms with Crippen molar-refractivity contribution in [3.63, 3.8) is 0 Å². The Labute approximate surface area is 138 Å². The Morgan fingerprint density at radius 3 is 2.70 bits per heavy atom.